The number of ether oxygens (including phenoxy) is 2. The highest BCUT2D eigenvalue weighted by molar-refractivity contribution is 7.88. The molecule has 0 spiro atoms. The molecule has 0 saturated heterocycles. The van der Waals surface area contributed by atoms with Crippen LogP contribution in [0.15, 0.2) is 18.2 Å². The summed E-state index contributed by atoms with van der Waals surface area (Å²) in [4.78, 5) is 12.7. The van der Waals surface area contributed by atoms with Gasteiger partial charge >= 0.3 is 0 Å². The standard InChI is InChI=1S/C19H25N5O5S/c1-12-18(19(25)20-11-13-4-3-5-15(13)22-30(2,26)27)21-23-24(12)14-6-7-16-17(10-14)29-9-8-28-16/h6-7,10,13,15,22H,3-5,8-9,11H2,1-2H3,(H,20,25)/t13-,15+/m1/s1. The molecular formula is C19H25N5O5S. The monoisotopic (exact) mass is 435 g/mol. The third-order valence-corrected chi connectivity index (χ3v) is 6.16. The Bertz CT molecular complexity index is 1050. The first kappa shape index (κ1) is 20.6. The lowest BCUT2D eigenvalue weighted by molar-refractivity contribution is 0.0940. The summed E-state index contributed by atoms with van der Waals surface area (Å²) in [5.74, 6) is 1.03. The lowest BCUT2D eigenvalue weighted by Crippen LogP contribution is -2.41. The minimum atomic E-state index is -3.28. The number of nitrogens with one attached hydrogen (secondary N) is 2. The van der Waals surface area contributed by atoms with Crippen LogP contribution < -0.4 is 19.5 Å². The minimum Gasteiger partial charge on any atom is -0.486 e. The quantitative estimate of drug-likeness (QED) is 0.687. The summed E-state index contributed by atoms with van der Waals surface area (Å²) >= 11 is 0. The Balaban J connectivity index is 1.44. The Morgan fingerprint density at radius 2 is 2.00 bits per heavy atom. The summed E-state index contributed by atoms with van der Waals surface area (Å²) in [6.45, 7) is 3.15. The molecule has 0 unspecified atom stereocenters. The maximum absolute atomic E-state index is 12.7. The molecule has 2 atom stereocenters. The van der Waals surface area contributed by atoms with Crippen molar-refractivity contribution in [1.82, 2.24) is 25.0 Å². The van der Waals surface area contributed by atoms with Crippen LogP contribution in [0.1, 0.15) is 35.4 Å². The summed E-state index contributed by atoms with van der Waals surface area (Å²) in [6, 6.07) is 5.28. The Hall–Kier alpha value is -2.66. The fourth-order valence-electron chi connectivity index (χ4n) is 3.97. The molecule has 2 N–H and O–H groups in total. The van der Waals surface area contributed by atoms with E-state index in [1.807, 2.05) is 6.07 Å². The number of hydrogen-bond acceptors (Lipinski definition) is 7. The molecule has 0 radical (unpaired) electrons. The van der Waals surface area contributed by atoms with E-state index in [1.165, 1.54) is 0 Å². The maximum Gasteiger partial charge on any atom is 0.273 e. The van der Waals surface area contributed by atoms with Crippen molar-refractivity contribution in [3.05, 3.63) is 29.6 Å². The van der Waals surface area contributed by atoms with Crippen molar-refractivity contribution in [2.24, 2.45) is 5.92 Å². The van der Waals surface area contributed by atoms with Crippen LogP contribution >= 0.6 is 0 Å². The second-order valence-electron chi connectivity index (χ2n) is 7.66. The van der Waals surface area contributed by atoms with Gasteiger partial charge in [-0.25, -0.2) is 17.8 Å². The van der Waals surface area contributed by atoms with Gasteiger partial charge in [-0.2, -0.15) is 0 Å². The normalized spacial score (nSPS) is 20.9. The van der Waals surface area contributed by atoms with Crippen LogP contribution in [-0.4, -0.2) is 61.4 Å². The number of hydrogen-bond donors (Lipinski definition) is 2. The van der Waals surface area contributed by atoms with E-state index in [0.717, 1.165) is 31.2 Å². The SMILES string of the molecule is Cc1c(C(=O)NC[C@H]2CCC[C@@H]2NS(C)(=O)=O)nnn1-c1ccc2c(c1)OCCO2. The van der Waals surface area contributed by atoms with E-state index in [9.17, 15) is 13.2 Å². The van der Waals surface area contributed by atoms with Crippen molar-refractivity contribution in [1.29, 1.82) is 0 Å². The molecule has 1 aliphatic heterocycles. The van der Waals surface area contributed by atoms with Gasteiger partial charge in [0.05, 0.1) is 17.6 Å². The highest BCUT2D eigenvalue weighted by Crippen LogP contribution is 2.32. The molecule has 1 amide bonds. The van der Waals surface area contributed by atoms with Crippen molar-refractivity contribution in [3.8, 4) is 17.2 Å². The summed E-state index contributed by atoms with van der Waals surface area (Å²) in [5.41, 5.74) is 1.55. The first-order valence-corrected chi connectivity index (χ1v) is 11.8. The number of carbonyl (C=O) groups excluding carboxylic acids is 1. The number of fused-ring (bicyclic) bond motifs is 1. The molecule has 1 fully saturated rings. The molecule has 4 rings (SSSR count). The number of benzene rings is 1. The minimum absolute atomic E-state index is 0.0526. The van der Waals surface area contributed by atoms with Crippen LogP contribution in [0.5, 0.6) is 11.5 Å². The van der Waals surface area contributed by atoms with Gasteiger partial charge in [-0.3, -0.25) is 4.79 Å². The summed E-state index contributed by atoms with van der Waals surface area (Å²) in [6.07, 6.45) is 3.71. The fraction of sp³-hybridized carbons (Fsp3) is 0.526. The molecule has 1 aliphatic carbocycles. The predicted octanol–water partition coefficient (Wildman–Crippen LogP) is 0.795. The third kappa shape index (κ3) is 4.41. The Morgan fingerprint density at radius 3 is 2.77 bits per heavy atom. The molecule has 2 aromatic rings. The van der Waals surface area contributed by atoms with Gasteiger partial charge in [0.2, 0.25) is 10.0 Å². The van der Waals surface area contributed by atoms with Crippen LogP contribution in [0.3, 0.4) is 0 Å². The Kier molecular flexibility index (Phi) is 5.65. The fourth-order valence-corrected chi connectivity index (χ4v) is 4.83. The third-order valence-electron chi connectivity index (χ3n) is 5.43. The molecule has 2 aliphatic rings. The molecule has 2 heterocycles. The molecule has 10 nitrogen and oxygen atoms in total. The van der Waals surface area contributed by atoms with E-state index in [0.29, 0.717) is 37.0 Å². The number of aromatic nitrogens is 3. The van der Waals surface area contributed by atoms with Crippen LogP contribution in [0.25, 0.3) is 5.69 Å². The maximum atomic E-state index is 12.7. The van der Waals surface area contributed by atoms with Crippen LogP contribution in [0, 0.1) is 12.8 Å². The second-order valence-corrected chi connectivity index (χ2v) is 9.44. The topological polar surface area (TPSA) is 124 Å². The molecule has 162 valence electrons. The van der Waals surface area contributed by atoms with Crippen LogP contribution in [0.2, 0.25) is 0 Å². The van der Waals surface area contributed by atoms with Crippen molar-refractivity contribution >= 4 is 15.9 Å². The van der Waals surface area contributed by atoms with Crippen molar-refractivity contribution in [2.75, 3.05) is 26.0 Å². The molecule has 11 heteroatoms. The molecule has 30 heavy (non-hydrogen) atoms. The van der Waals surface area contributed by atoms with Gasteiger partial charge < -0.3 is 14.8 Å². The first-order valence-electron chi connectivity index (χ1n) is 9.89. The van der Waals surface area contributed by atoms with Crippen molar-refractivity contribution < 1.29 is 22.7 Å². The molecule has 0 bridgehead atoms. The summed E-state index contributed by atoms with van der Waals surface area (Å²) < 4.78 is 38.4. The van der Waals surface area contributed by atoms with Gasteiger partial charge in [-0.1, -0.05) is 11.6 Å². The van der Waals surface area contributed by atoms with E-state index in [4.69, 9.17) is 9.47 Å². The number of nitrogens with zero attached hydrogens (tertiary/aromatic N) is 3. The number of rotatable bonds is 6. The van der Waals surface area contributed by atoms with Gasteiger partial charge in [0, 0.05) is 18.7 Å². The van der Waals surface area contributed by atoms with Crippen molar-refractivity contribution in [2.45, 2.75) is 32.2 Å². The number of sulfonamides is 1. The van der Waals surface area contributed by atoms with Gasteiger partial charge in [0.15, 0.2) is 17.2 Å². The average Bonchev–Trinajstić information content (AvgIpc) is 3.30. The van der Waals surface area contributed by atoms with E-state index in [-0.39, 0.29) is 23.6 Å². The lowest BCUT2D eigenvalue weighted by Gasteiger charge is -2.20. The van der Waals surface area contributed by atoms with Crippen LogP contribution in [0.4, 0.5) is 0 Å². The largest absolute Gasteiger partial charge is 0.486 e. The first-order chi connectivity index (χ1) is 14.3. The predicted molar refractivity (Wildman–Crippen MR) is 109 cm³/mol. The summed E-state index contributed by atoms with van der Waals surface area (Å²) in [5, 5.41) is 11.0. The average molecular weight is 436 g/mol. The number of carbonyl (C=O) groups is 1. The Labute approximate surface area is 175 Å². The molecule has 1 aromatic carbocycles. The van der Waals surface area contributed by atoms with E-state index < -0.39 is 10.0 Å². The van der Waals surface area contributed by atoms with Crippen molar-refractivity contribution in [3.63, 3.8) is 0 Å². The zero-order chi connectivity index (χ0) is 21.3. The van der Waals surface area contributed by atoms with Gasteiger partial charge in [-0.05, 0) is 37.8 Å². The summed E-state index contributed by atoms with van der Waals surface area (Å²) in [7, 11) is -3.28. The van der Waals surface area contributed by atoms with Gasteiger partial charge in [0.25, 0.3) is 5.91 Å². The highest BCUT2D eigenvalue weighted by atomic mass is 32.2. The zero-order valence-corrected chi connectivity index (χ0v) is 17.7. The highest BCUT2D eigenvalue weighted by Gasteiger charge is 2.30. The van der Waals surface area contributed by atoms with E-state index in [1.54, 1.807) is 23.7 Å². The van der Waals surface area contributed by atoms with Crippen LogP contribution in [-0.2, 0) is 10.0 Å². The molecular weight excluding hydrogens is 410 g/mol. The lowest BCUT2D eigenvalue weighted by atomic mass is 10.0. The van der Waals surface area contributed by atoms with E-state index >= 15 is 0 Å². The zero-order valence-electron chi connectivity index (χ0n) is 16.9. The molecule has 1 saturated carbocycles. The van der Waals surface area contributed by atoms with Gasteiger partial charge in [-0.15, -0.1) is 5.10 Å². The second kappa shape index (κ2) is 8.23. The Morgan fingerprint density at radius 1 is 1.23 bits per heavy atom. The number of amides is 1. The van der Waals surface area contributed by atoms with Gasteiger partial charge in [0.1, 0.15) is 13.2 Å². The smallest absolute Gasteiger partial charge is 0.273 e. The van der Waals surface area contributed by atoms with E-state index in [2.05, 4.69) is 20.4 Å². The molecule has 1 aromatic heterocycles.